The summed E-state index contributed by atoms with van der Waals surface area (Å²) in [5, 5.41) is 18.2. The number of hydrogen-bond donors (Lipinski definition) is 3. The van der Waals surface area contributed by atoms with E-state index in [1.54, 1.807) is 32.0 Å². The fourth-order valence-electron chi connectivity index (χ4n) is 4.10. The van der Waals surface area contributed by atoms with Crippen LogP contribution in [0.3, 0.4) is 0 Å². The largest absolute Gasteiger partial charge is 0.494 e. The second-order valence-corrected chi connectivity index (χ2v) is 11.0. The van der Waals surface area contributed by atoms with E-state index in [4.69, 9.17) is 15.2 Å². The van der Waals surface area contributed by atoms with Crippen molar-refractivity contribution >= 4 is 39.1 Å². The molecule has 1 atom stereocenters. The van der Waals surface area contributed by atoms with Gasteiger partial charge in [-0.3, -0.25) is 9.59 Å². The maximum atomic E-state index is 13.1. The van der Waals surface area contributed by atoms with Crippen molar-refractivity contribution in [3.8, 4) is 0 Å². The van der Waals surface area contributed by atoms with Crippen LogP contribution < -0.4 is 11.1 Å². The summed E-state index contributed by atoms with van der Waals surface area (Å²) in [6.45, 7) is 6.83. The number of nitrogen functional groups attached to an aromatic ring is 1. The third-order valence-corrected chi connectivity index (χ3v) is 6.99. The number of hydrogen-bond acceptors (Lipinski definition) is 10. The second-order valence-electron chi connectivity index (χ2n) is 9.79. The summed E-state index contributed by atoms with van der Waals surface area (Å²) in [7, 11) is 0. The molecular weight excluding hydrogens is 482 g/mol. The molecule has 0 aliphatic carbocycles. The number of pyridine rings is 1. The zero-order valence-electron chi connectivity index (χ0n) is 20.8. The molecule has 194 valence electrons. The molecule has 10 nitrogen and oxygen atoms in total. The lowest BCUT2D eigenvalue weighted by Gasteiger charge is -2.51. The molecule has 0 spiro atoms. The Morgan fingerprint density at radius 2 is 2.22 bits per heavy atom. The highest BCUT2D eigenvalue weighted by Gasteiger charge is 2.52. The number of nitrogens with one attached hydrogen (secondary N) is 1. The van der Waals surface area contributed by atoms with E-state index >= 15 is 0 Å². The second kappa shape index (κ2) is 10.6. The molecule has 2 aliphatic rings. The number of carbonyl (C=O) groups is 2. The number of esters is 1. The Morgan fingerprint density at radius 3 is 2.86 bits per heavy atom. The third-order valence-electron chi connectivity index (χ3n) is 5.89. The first-order chi connectivity index (χ1) is 17.0. The molecule has 2 aliphatic heterocycles. The molecule has 1 fully saturated rings. The van der Waals surface area contributed by atoms with E-state index in [9.17, 15) is 14.7 Å². The molecule has 1 saturated heterocycles. The molecular formula is C25H33N5O5S. The van der Waals surface area contributed by atoms with E-state index in [0.717, 1.165) is 20.7 Å². The van der Waals surface area contributed by atoms with Crippen molar-refractivity contribution in [1.29, 1.82) is 0 Å². The Morgan fingerprint density at radius 1 is 1.42 bits per heavy atom. The molecule has 11 heteroatoms. The van der Waals surface area contributed by atoms with E-state index < -0.39 is 23.2 Å². The maximum absolute atomic E-state index is 13.1. The summed E-state index contributed by atoms with van der Waals surface area (Å²) in [5.41, 5.74) is 3.53. The Balaban J connectivity index is 1.43. The molecule has 0 saturated carbocycles. The predicted molar refractivity (Wildman–Crippen MR) is 137 cm³/mol. The van der Waals surface area contributed by atoms with Crippen LogP contribution in [0.5, 0.6) is 0 Å². The highest BCUT2D eigenvalue weighted by Crippen LogP contribution is 2.32. The van der Waals surface area contributed by atoms with Crippen molar-refractivity contribution in [3.05, 3.63) is 47.2 Å². The number of nitrogens with zero attached hydrogens (tertiary/aromatic N) is 3. The topological polar surface area (TPSA) is 130 Å². The summed E-state index contributed by atoms with van der Waals surface area (Å²) >= 11 is 1.51. The molecule has 2 aromatic rings. The third kappa shape index (κ3) is 6.04. The van der Waals surface area contributed by atoms with Crippen molar-refractivity contribution in [3.63, 3.8) is 0 Å². The number of anilines is 1. The lowest BCUT2D eigenvalue weighted by atomic mass is 9.99. The van der Waals surface area contributed by atoms with Crippen molar-refractivity contribution < 1.29 is 24.2 Å². The van der Waals surface area contributed by atoms with Crippen molar-refractivity contribution in [2.24, 2.45) is 0 Å². The van der Waals surface area contributed by atoms with Crippen LogP contribution in [0.25, 0.3) is 10.1 Å². The number of fused-ring (bicyclic) bond motifs is 1. The van der Waals surface area contributed by atoms with Gasteiger partial charge in [-0.25, -0.2) is 15.0 Å². The number of amides is 1. The van der Waals surface area contributed by atoms with Crippen molar-refractivity contribution in [2.45, 2.75) is 51.5 Å². The van der Waals surface area contributed by atoms with Crippen LogP contribution in [0.15, 0.2) is 42.3 Å². The molecule has 1 amide bonds. The van der Waals surface area contributed by atoms with Gasteiger partial charge < -0.3 is 25.6 Å². The highest BCUT2D eigenvalue weighted by molar-refractivity contribution is 7.19. The van der Waals surface area contributed by atoms with Gasteiger partial charge in [-0.2, -0.15) is 0 Å². The van der Waals surface area contributed by atoms with Gasteiger partial charge in [0.15, 0.2) is 0 Å². The number of aliphatic hydroxyl groups is 1. The van der Waals surface area contributed by atoms with Crippen LogP contribution in [-0.2, 0) is 25.6 Å². The Hall–Kier alpha value is -2.99. The fraction of sp³-hybridized carbons (Fsp3) is 0.480. The number of rotatable bonds is 9. The highest BCUT2D eigenvalue weighted by atomic mass is 32.1. The van der Waals surface area contributed by atoms with Crippen molar-refractivity contribution in [1.82, 2.24) is 20.3 Å². The molecule has 0 radical (unpaired) electrons. The van der Waals surface area contributed by atoms with Crippen LogP contribution in [0.4, 0.5) is 5.82 Å². The molecule has 4 heterocycles. The average Bonchev–Trinajstić information content (AvgIpc) is 3.24. The van der Waals surface area contributed by atoms with E-state index in [0.29, 0.717) is 31.9 Å². The van der Waals surface area contributed by atoms with Crippen LogP contribution in [-0.4, -0.2) is 69.6 Å². The number of aromatic nitrogens is 1. The van der Waals surface area contributed by atoms with Crippen LogP contribution in [0.1, 0.15) is 38.5 Å². The number of ether oxygens (including phenoxy) is 2. The number of allylic oxidation sites excluding steroid dienone is 2. The summed E-state index contributed by atoms with van der Waals surface area (Å²) in [5.74, 6) is 0.254. The SMILES string of the molecule is CC(C)(C)OC(=O)CN(CCC1=CC=CCO1)N1CC[C@]1(O)C(=O)NCc1cc2c(N)nccc2s1. The number of thiophene rings is 1. The monoisotopic (exact) mass is 515 g/mol. The fourth-order valence-corrected chi connectivity index (χ4v) is 5.11. The number of nitrogens with two attached hydrogens (primary N) is 1. The van der Waals surface area contributed by atoms with E-state index in [1.165, 1.54) is 16.3 Å². The van der Waals surface area contributed by atoms with E-state index in [2.05, 4.69) is 10.3 Å². The smallest absolute Gasteiger partial charge is 0.322 e. The molecule has 0 aromatic carbocycles. The summed E-state index contributed by atoms with van der Waals surface area (Å²) in [6, 6.07) is 3.77. The molecule has 4 N–H and O–H groups in total. The normalized spacial score (nSPS) is 20.1. The lowest BCUT2D eigenvalue weighted by molar-refractivity contribution is -0.264. The quantitative estimate of drug-likeness (QED) is 0.431. The summed E-state index contributed by atoms with van der Waals surface area (Å²) in [4.78, 5) is 30.7. The van der Waals surface area contributed by atoms with Gasteiger partial charge in [-0.1, -0.05) is 6.08 Å². The van der Waals surface area contributed by atoms with Gasteiger partial charge >= 0.3 is 5.97 Å². The number of carbonyl (C=O) groups excluding carboxylic acids is 2. The van der Waals surface area contributed by atoms with Gasteiger partial charge in [0.25, 0.3) is 5.91 Å². The van der Waals surface area contributed by atoms with E-state index in [-0.39, 0.29) is 19.5 Å². The summed E-state index contributed by atoms with van der Waals surface area (Å²) in [6.07, 6.45) is 8.10. The first-order valence-corrected chi connectivity index (χ1v) is 12.7. The standard InChI is InChI=1S/C25H33N5O5S/c1-24(2,3)35-21(31)16-29(11-8-17-6-4-5-13-34-17)30-12-9-25(30,33)23(32)28-15-18-14-19-20(36-18)7-10-27-22(19)26/h4-7,10,14,33H,8-9,11-13,15-16H2,1-3H3,(H2,26,27)(H,28,32)/t25-/m0/s1. The van der Waals surface area contributed by atoms with Gasteiger partial charge in [0.1, 0.15) is 24.6 Å². The van der Waals surface area contributed by atoms with Gasteiger partial charge in [0.05, 0.1) is 12.3 Å². The molecule has 4 rings (SSSR count). The zero-order chi connectivity index (χ0) is 25.9. The Kier molecular flexibility index (Phi) is 7.65. The first-order valence-electron chi connectivity index (χ1n) is 11.9. The molecule has 0 unspecified atom stereocenters. The van der Waals surface area contributed by atoms with Gasteiger partial charge in [0.2, 0.25) is 5.72 Å². The van der Waals surface area contributed by atoms with Gasteiger partial charge in [-0.15, -0.1) is 11.3 Å². The minimum Gasteiger partial charge on any atom is -0.494 e. The number of hydrazine groups is 1. The van der Waals surface area contributed by atoms with Crippen LogP contribution >= 0.6 is 11.3 Å². The lowest BCUT2D eigenvalue weighted by Crippen LogP contribution is -2.72. The van der Waals surface area contributed by atoms with E-state index in [1.807, 2.05) is 30.4 Å². The Labute approximate surface area is 214 Å². The molecule has 36 heavy (non-hydrogen) atoms. The zero-order valence-corrected chi connectivity index (χ0v) is 21.6. The summed E-state index contributed by atoms with van der Waals surface area (Å²) < 4.78 is 12.1. The Bertz CT molecular complexity index is 1190. The maximum Gasteiger partial charge on any atom is 0.322 e. The molecule has 0 bridgehead atoms. The van der Waals surface area contributed by atoms with Crippen LogP contribution in [0, 0.1) is 0 Å². The van der Waals surface area contributed by atoms with Gasteiger partial charge in [-0.05, 0) is 45.1 Å². The van der Waals surface area contributed by atoms with Gasteiger partial charge in [0, 0.05) is 47.1 Å². The minimum atomic E-state index is -1.76. The predicted octanol–water partition coefficient (Wildman–Crippen LogP) is 2.31. The first kappa shape index (κ1) is 26.1. The van der Waals surface area contributed by atoms with Crippen LogP contribution in [0.2, 0.25) is 0 Å². The van der Waals surface area contributed by atoms with Crippen molar-refractivity contribution in [2.75, 3.05) is 32.0 Å². The minimum absolute atomic E-state index is 0.0986. The average molecular weight is 516 g/mol. The molecule has 2 aromatic heterocycles.